The van der Waals surface area contributed by atoms with Gasteiger partial charge in [-0.3, -0.25) is 15.1 Å². The number of nitrogens with two attached hydrogens (primary N) is 2. The topological polar surface area (TPSA) is 119 Å². The molecule has 0 unspecified atom stereocenters. The molecule has 12 heteroatoms. The number of aromatic nitrogens is 1. The molecule has 1 aromatic carbocycles. The number of aromatic amines is 1. The van der Waals surface area contributed by atoms with E-state index in [9.17, 15) is 18.0 Å². The van der Waals surface area contributed by atoms with Gasteiger partial charge in [0.2, 0.25) is 0 Å². The smallest absolute Gasteiger partial charge is 0.417 e. The molecule has 2 aromatic rings. The molecule has 0 saturated carbocycles. The fourth-order valence-electron chi connectivity index (χ4n) is 2.16. The maximum Gasteiger partial charge on any atom is 0.417 e. The molecule has 152 valence electrons. The summed E-state index contributed by atoms with van der Waals surface area (Å²) in [6.07, 6.45) is -4.10. The Morgan fingerprint density at radius 3 is 2.52 bits per heavy atom. The summed E-state index contributed by atoms with van der Waals surface area (Å²) in [4.78, 5) is 18.2. The molecular weight excluding hydrogens is 410 g/mol. The standard InChI is InChI=1S/C15H18F3N5O2.2ClH/c1-21-14(20)23-13(24)12-7-9-10(15(16,17)18)5-8(6-11(9)22-12)25-4-2-3-19;;/h5-7,22H,2-4,19H2,1H3,(H3,20,21,23,24);2*1H. The van der Waals surface area contributed by atoms with Crippen molar-refractivity contribution in [1.82, 2.24) is 10.3 Å². The third-order valence-electron chi connectivity index (χ3n) is 3.36. The van der Waals surface area contributed by atoms with Crippen molar-refractivity contribution in [2.24, 2.45) is 16.5 Å². The number of hydrogen-bond donors (Lipinski definition) is 4. The van der Waals surface area contributed by atoms with Crippen molar-refractivity contribution >= 4 is 47.6 Å². The Labute approximate surface area is 165 Å². The van der Waals surface area contributed by atoms with Crippen LogP contribution in [0.3, 0.4) is 0 Å². The van der Waals surface area contributed by atoms with Gasteiger partial charge in [-0.25, -0.2) is 0 Å². The Hall–Kier alpha value is -2.17. The van der Waals surface area contributed by atoms with E-state index in [1.807, 2.05) is 0 Å². The van der Waals surface area contributed by atoms with Gasteiger partial charge in [-0.15, -0.1) is 24.8 Å². The number of halogens is 5. The Kier molecular flexibility index (Phi) is 9.42. The molecule has 0 bridgehead atoms. The van der Waals surface area contributed by atoms with Crippen molar-refractivity contribution < 1.29 is 22.7 Å². The fourth-order valence-corrected chi connectivity index (χ4v) is 2.16. The Balaban J connectivity index is 0.00000338. The first-order valence-electron chi connectivity index (χ1n) is 7.36. The number of alkyl halides is 3. The molecule has 0 aliphatic heterocycles. The van der Waals surface area contributed by atoms with Crippen LogP contribution in [0.5, 0.6) is 5.75 Å². The van der Waals surface area contributed by atoms with Crippen LogP contribution in [0.1, 0.15) is 22.5 Å². The number of ether oxygens (including phenoxy) is 1. The van der Waals surface area contributed by atoms with E-state index in [-0.39, 0.29) is 59.7 Å². The molecule has 0 atom stereocenters. The van der Waals surface area contributed by atoms with Crippen molar-refractivity contribution in [1.29, 1.82) is 0 Å². The molecule has 2 rings (SSSR count). The number of hydrogen-bond acceptors (Lipinski definition) is 4. The number of guanidine groups is 1. The summed E-state index contributed by atoms with van der Waals surface area (Å²) in [7, 11) is 1.37. The van der Waals surface area contributed by atoms with Gasteiger partial charge in [-0.05, 0) is 25.1 Å². The van der Waals surface area contributed by atoms with Crippen molar-refractivity contribution in [2.45, 2.75) is 12.6 Å². The van der Waals surface area contributed by atoms with E-state index in [2.05, 4.69) is 15.3 Å². The Morgan fingerprint density at radius 1 is 1.30 bits per heavy atom. The SMILES string of the molecule is CN=C(N)NC(=O)c1cc2c(C(F)(F)F)cc(OCCCN)cc2[nH]1.Cl.Cl. The lowest BCUT2D eigenvalue weighted by Gasteiger charge is -2.11. The number of carbonyl (C=O) groups excluding carboxylic acids is 1. The molecule has 0 radical (unpaired) electrons. The highest BCUT2D eigenvalue weighted by Gasteiger charge is 2.34. The lowest BCUT2D eigenvalue weighted by Crippen LogP contribution is -2.36. The predicted molar refractivity (Wildman–Crippen MR) is 102 cm³/mol. The first kappa shape index (κ1) is 24.8. The van der Waals surface area contributed by atoms with Crippen LogP contribution in [0.15, 0.2) is 23.2 Å². The zero-order valence-corrected chi connectivity index (χ0v) is 15.9. The van der Waals surface area contributed by atoms with Gasteiger partial charge in [0, 0.05) is 18.5 Å². The second kappa shape index (κ2) is 10.2. The average molecular weight is 430 g/mol. The molecule has 0 aliphatic rings. The minimum Gasteiger partial charge on any atom is -0.493 e. The molecule has 1 heterocycles. The number of aliphatic imine (C=N–C) groups is 1. The van der Waals surface area contributed by atoms with Crippen molar-refractivity contribution in [2.75, 3.05) is 20.2 Å². The van der Waals surface area contributed by atoms with E-state index in [1.165, 1.54) is 13.1 Å². The Morgan fingerprint density at radius 2 is 1.96 bits per heavy atom. The van der Waals surface area contributed by atoms with Gasteiger partial charge >= 0.3 is 6.18 Å². The summed E-state index contributed by atoms with van der Waals surface area (Å²) in [6.45, 7) is 0.554. The fraction of sp³-hybridized carbons (Fsp3) is 0.333. The number of H-pyrrole nitrogens is 1. The number of carbonyl (C=O) groups is 1. The number of rotatable bonds is 5. The lowest BCUT2D eigenvalue weighted by atomic mass is 10.1. The molecule has 1 amide bonds. The van der Waals surface area contributed by atoms with Crippen LogP contribution >= 0.6 is 24.8 Å². The molecule has 1 aromatic heterocycles. The van der Waals surface area contributed by atoms with Crippen molar-refractivity contribution in [3.63, 3.8) is 0 Å². The second-order valence-corrected chi connectivity index (χ2v) is 5.17. The molecule has 6 N–H and O–H groups in total. The summed E-state index contributed by atoms with van der Waals surface area (Å²) in [5, 5.41) is 2.11. The van der Waals surface area contributed by atoms with Crippen LogP contribution in [0.2, 0.25) is 0 Å². The summed E-state index contributed by atoms with van der Waals surface area (Å²) in [5.74, 6) is -0.805. The van der Waals surface area contributed by atoms with Gasteiger partial charge in [0.15, 0.2) is 5.96 Å². The van der Waals surface area contributed by atoms with Crippen molar-refractivity contribution in [3.8, 4) is 5.75 Å². The monoisotopic (exact) mass is 429 g/mol. The van der Waals surface area contributed by atoms with Crippen LogP contribution in [0.25, 0.3) is 10.9 Å². The van der Waals surface area contributed by atoms with Gasteiger partial charge < -0.3 is 21.2 Å². The Bertz CT molecular complexity index is 809. The largest absolute Gasteiger partial charge is 0.493 e. The van der Waals surface area contributed by atoms with E-state index in [4.69, 9.17) is 16.2 Å². The molecular formula is C15H20Cl2F3N5O2. The predicted octanol–water partition coefficient (Wildman–Crippen LogP) is 2.43. The number of nitrogens with one attached hydrogen (secondary N) is 2. The van der Waals surface area contributed by atoms with Crippen LogP contribution in [-0.4, -0.2) is 37.1 Å². The molecule has 0 saturated heterocycles. The average Bonchev–Trinajstić information content (AvgIpc) is 2.97. The molecule has 0 fully saturated rings. The summed E-state index contributed by atoms with van der Waals surface area (Å²) in [6, 6.07) is 3.41. The lowest BCUT2D eigenvalue weighted by molar-refractivity contribution is -0.136. The van der Waals surface area contributed by atoms with Crippen molar-refractivity contribution in [3.05, 3.63) is 29.5 Å². The first-order valence-corrected chi connectivity index (χ1v) is 7.36. The quantitative estimate of drug-likeness (QED) is 0.331. The zero-order chi connectivity index (χ0) is 18.6. The minimum atomic E-state index is -4.61. The second-order valence-electron chi connectivity index (χ2n) is 5.17. The minimum absolute atomic E-state index is 0. The van der Waals surface area contributed by atoms with E-state index < -0.39 is 17.6 Å². The summed E-state index contributed by atoms with van der Waals surface area (Å²) >= 11 is 0. The molecule has 27 heavy (non-hydrogen) atoms. The zero-order valence-electron chi connectivity index (χ0n) is 14.2. The molecule has 0 aliphatic carbocycles. The normalized spacial score (nSPS) is 11.5. The highest BCUT2D eigenvalue weighted by Crippen LogP contribution is 2.38. The first-order chi connectivity index (χ1) is 11.8. The van der Waals surface area contributed by atoms with E-state index in [0.29, 0.717) is 13.0 Å². The van der Waals surface area contributed by atoms with Crippen LogP contribution in [0, 0.1) is 0 Å². The molecule has 0 spiro atoms. The number of benzene rings is 1. The van der Waals surface area contributed by atoms with Crippen LogP contribution in [0.4, 0.5) is 13.2 Å². The third-order valence-corrected chi connectivity index (χ3v) is 3.36. The highest BCUT2D eigenvalue weighted by molar-refractivity contribution is 6.06. The van der Waals surface area contributed by atoms with E-state index >= 15 is 0 Å². The van der Waals surface area contributed by atoms with Gasteiger partial charge in [0.05, 0.1) is 17.7 Å². The maximum atomic E-state index is 13.3. The highest BCUT2D eigenvalue weighted by atomic mass is 35.5. The number of fused-ring (bicyclic) bond motifs is 1. The maximum absolute atomic E-state index is 13.3. The van der Waals surface area contributed by atoms with Crippen LogP contribution in [-0.2, 0) is 6.18 Å². The van der Waals surface area contributed by atoms with E-state index in [1.54, 1.807) is 0 Å². The van der Waals surface area contributed by atoms with Gasteiger partial charge in [0.25, 0.3) is 5.91 Å². The van der Waals surface area contributed by atoms with Gasteiger partial charge in [0.1, 0.15) is 11.4 Å². The van der Waals surface area contributed by atoms with E-state index in [0.717, 1.165) is 12.1 Å². The summed E-state index contributed by atoms with van der Waals surface area (Å²) < 4.78 is 45.3. The third kappa shape index (κ3) is 6.19. The van der Waals surface area contributed by atoms with Crippen LogP contribution < -0.4 is 21.5 Å². The van der Waals surface area contributed by atoms with Gasteiger partial charge in [-0.2, -0.15) is 13.2 Å². The number of amides is 1. The molecule has 7 nitrogen and oxygen atoms in total. The van der Waals surface area contributed by atoms with Gasteiger partial charge in [-0.1, -0.05) is 0 Å². The summed E-state index contributed by atoms with van der Waals surface area (Å²) in [5.41, 5.74) is 9.87. The number of nitrogens with zero attached hydrogens (tertiary/aromatic N) is 1.